The van der Waals surface area contributed by atoms with E-state index in [0.29, 0.717) is 24.6 Å². The number of benzene rings is 1. The maximum atomic E-state index is 12.8. The molecule has 0 saturated heterocycles. The molecule has 1 N–H and O–H groups in total. The third-order valence-electron chi connectivity index (χ3n) is 2.01. The smallest absolute Gasteiger partial charge is 0.217 e. The van der Waals surface area contributed by atoms with Crippen molar-refractivity contribution < 1.29 is 13.9 Å². The number of hydrogen-bond donors (Lipinski definition) is 1. The van der Waals surface area contributed by atoms with Gasteiger partial charge in [-0.05, 0) is 19.1 Å². The topological polar surface area (TPSA) is 30.5 Å². The fourth-order valence-electron chi connectivity index (χ4n) is 1.40. The number of hydrogen-bond acceptors (Lipinski definition) is 3. The van der Waals surface area contributed by atoms with Gasteiger partial charge in [-0.2, -0.15) is 0 Å². The van der Waals surface area contributed by atoms with Crippen molar-refractivity contribution >= 4 is 5.69 Å². The quantitative estimate of drug-likeness (QED) is 0.786. The van der Waals surface area contributed by atoms with Crippen molar-refractivity contribution in [3.05, 3.63) is 24.0 Å². The van der Waals surface area contributed by atoms with Crippen LogP contribution in [-0.2, 0) is 4.74 Å². The number of nitrogens with one attached hydrogen (secondary N) is 1. The van der Waals surface area contributed by atoms with Gasteiger partial charge in [-0.1, -0.05) is 0 Å². The molecule has 1 aliphatic rings. The van der Waals surface area contributed by atoms with Gasteiger partial charge in [0.15, 0.2) is 0 Å². The van der Waals surface area contributed by atoms with E-state index in [-0.39, 0.29) is 12.1 Å². The minimum absolute atomic E-state index is 0.269. The minimum atomic E-state index is -0.280. The first kappa shape index (κ1) is 9.27. The van der Waals surface area contributed by atoms with Gasteiger partial charge < -0.3 is 14.8 Å². The van der Waals surface area contributed by atoms with Crippen molar-refractivity contribution in [1.29, 1.82) is 0 Å². The molecular formula is C10H12FNO2. The fourth-order valence-corrected chi connectivity index (χ4v) is 1.40. The molecule has 1 aromatic carbocycles. The van der Waals surface area contributed by atoms with Gasteiger partial charge in [0.25, 0.3) is 0 Å². The van der Waals surface area contributed by atoms with Crippen LogP contribution in [0.4, 0.5) is 10.1 Å². The van der Waals surface area contributed by atoms with Crippen molar-refractivity contribution in [2.75, 3.05) is 18.5 Å². The SMILES string of the molecule is CCOC1CNc2cc(F)ccc2O1. The van der Waals surface area contributed by atoms with Crippen LogP contribution < -0.4 is 10.1 Å². The minimum Gasteiger partial charge on any atom is -0.461 e. The first-order valence-electron chi connectivity index (χ1n) is 4.61. The zero-order valence-corrected chi connectivity index (χ0v) is 7.92. The second-order valence-corrected chi connectivity index (χ2v) is 3.02. The summed E-state index contributed by atoms with van der Waals surface area (Å²) in [4.78, 5) is 0. The van der Waals surface area contributed by atoms with Crippen molar-refractivity contribution in [3.8, 4) is 5.75 Å². The van der Waals surface area contributed by atoms with Crippen LogP contribution in [0, 0.1) is 5.82 Å². The molecule has 0 amide bonds. The Morgan fingerprint density at radius 1 is 1.64 bits per heavy atom. The standard InChI is InChI=1S/C10H12FNO2/c1-2-13-10-6-12-8-5-7(11)3-4-9(8)14-10/h3-5,10,12H,2,6H2,1H3. The number of anilines is 1. The Morgan fingerprint density at radius 2 is 2.50 bits per heavy atom. The molecule has 1 aliphatic heterocycles. The van der Waals surface area contributed by atoms with Gasteiger partial charge >= 0.3 is 0 Å². The highest BCUT2D eigenvalue weighted by Gasteiger charge is 2.19. The second kappa shape index (κ2) is 3.84. The van der Waals surface area contributed by atoms with Crippen LogP contribution in [0.2, 0.25) is 0 Å². The average molecular weight is 197 g/mol. The van der Waals surface area contributed by atoms with E-state index in [1.807, 2.05) is 6.92 Å². The fraction of sp³-hybridized carbons (Fsp3) is 0.400. The molecule has 1 atom stereocenters. The molecule has 0 spiro atoms. The van der Waals surface area contributed by atoms with E-state index in [9.17, 15) is 4.39 Å². The molecule has 1 aromatic rings. The summed E-state index contributed by atoms with van der Waals surface area (Å²) in [5.41, 5.74) is 0.681. The third-order valence-corrected chi connectivity index (χ3v) is 2.01. The van der Waals surface area contributed by atoms with Crippen molar-refractivity contribution in [1.82, 2.24) is 0 Å². The Hall–Kier alpha value is -1.29. The molecule has 0 aromatic heterocycles. The van der Waals surface area contributed by atoms with Crippen LogP contribution in [0.15, 0.2) is 18.2 Å². The summed E-state index contributed by atoms with van der Waals surface area (Å²) >= 11 is 0. The Morgan fingerprint density at radius 3 is 3.29 bits per heavy atom. The summed E-state index contributed by atoms with van der Waals surface area (Å²) in [6, 6.07) is 4.38. The maximum absolute atomic E-state index is 12.8. The lowest BCUT2D eigenvalue weighted by Gasteiger charge is -2.26. The molecule has 0 fully saturated rings. The van der Waals surface area contributed by atoms with E-state index in [2.05, 4.69) is 5.32 Å². The summed E-state index contributed by atoms with van der Waals surface area (Å²) in [7, 11) is 0. The van der Waals surface area contributed by atoms with Crippen molar-refractivity contribution in [3.63, 3.8) is 0 Å². The molecule has 3 nitrogen and oxygen atoms in total. The van der Waals surface area contributed by atoms with Crippen molar-refractivity contribution in [2.24, 2.45) is 0 Å². The van der Waals surface area contributed by atoms with Gasteiger partial charge in [0.2, 0.25) is 6.29 Å². The molecule has 0 saturated carbocycles. The van der Waals surface area contributed by atoms with E-state index in [1.165, 1.54) is 12.1 Å². The summed E-state index contributed by atoms with van der Waals surface area (Å²) in [5, 5.41) is 3.05. The monoisotopic (exact) mass is 197 g/mol. The van der Waals surface area contributed by atoms with Crippen LogP contribution in [0.5, 0.6) is 5.75 Å². The van der Waals surface area contributed by atoms with Gasteiger partial charge in [0.05, 0.1) is 12.2 Å². The number of ether oxygens (including phenoxy) is 2. The maximum Gasteiger partial charge on any atom is 0.217 e. The lowest BCUT2D eigenvalue weighted by Crippen LogP contribution is -2.33. The van der Waals surface area contributed by atoms with E-state index in [4.69, 9.17) is 9.47 Å². The highest BCUT2D eigenvalue weighted by atomic mass is 19.1. The highest BCUT2D eigenvalue weighted by Crippen LogP contribution is 2.29. The van der Waals surface area contributed by atoms with Gasteiger partial charge in [-0.3, -0.25) is 0 Å². The average Bonchev–Trinajstić information content (AvgIpc) is 2.19. The molecule has 14 heavy (non-hydrogen) atoms. The number of fused-ring (bicyclic) bond motifs is 1. The normalized spacial score (nSPS) is 19.4. The Kier molecular flexibility index (Phi) is 2.54. The first-order chi connectivity index (χ1) is 6.79. The van der Waals surface area contributed by atoms with Gasteiger partial charge in [-0.15, -0.1) is 0 Å². The first-order valence-corrected chi connectivity index (χ1v) is 4.61. The molecule has 2 rings (SSSR count). The van der Waals surface area contributed by atoms with Gasteiger partial charge in [-0.25, -0.2) is 4.39 Å². The summed E-state index contributed by atoms with van der Waals surface area (Å²) in [5.74, 6) is 0.366. The van der Waals surface area contributed by atoms with E-state index >= 15 is 0 Å². The number of rotatable bonds is 2. The molecule has 1 unspecified atom stereocenters. The van der Waals surface area contributed by atoms with Crippen LogP contribution >= 0.6 is 0 Å². The summed E-state index contributed by atoms with van der Waals surface area (Å²) < 4.78 is 23.6. The lowest BCUT2D eigenvalue weighted by atomic mass is 10.2. The predicted molar refractivity (Wildman–Crippen MR) is 50.9 cm³/mol. The molecule has 0 aliphatic carbocycles. The Labute approximate surface area is 81.8 Å². The predicted octanol–water partition coefficient (Wildman–Crippen LogP) is 1.99. The molecule has 4 heteroatoms. The van der Waals surface area contributed by atoms with Crippen molar-refractivity contribution in [2.45, 2.75) is 13.2 Å². The van der Waals surface area contributed by atoms with E-state index in [0.717, 1.165) is 0 Å². The van der Waals surface area contributed by atoms with Crippen LogP contribution in [-0.4, -0.2) is 19.4 Å². The zero-order chi connectivity index (χ0) is 9.97. The van der Waals surface area contributed by atoms with Crippen LogP contribution in [0.1, 0.15) is 6.92 Å². The molecule has 76 valence electrons. The van der Waals surface area contributed by atoms with E-state index < -0.39 is 0 Å². The Bertz CT molecular complexity index is 330. The largest absolute Gasteiger partial charge is 0.461 e. The van der Waals surface area contributed by atoms with Gasteiger partial charge in [0.1, 0.15) is 11.6 Å². The van der Waals surface area contributed by atoms with Crippen LogP contribution in [0.25, 0.3) is 0 Å². The third kappa shape index (κ3) is 1.80. The zero-order valence-electron chi connectivity index (χ0n) is 7.92. The number of halogens is 1. The highest BCUT2D eigenvalue weighted by molar-refractivity contribution is 5.57. The summed E-state index contributed by atoms with van der Waals surface area (Å²) in [6.07, 6.45) is -0.280. The summed E-state index contributed by atoms with van der Waals surface area (Å²) in [6.45, 7) is 3.05. The van der Waals surface area contributed by atoms with E-state index in [1.54, 1.807) is 6.07 Å². The molecular weight excluding hydrogens is 185 g/mol. The second-order valence-electron chi connectivity index (χ2n) is 3.02. The Balaban J connectivity index is 2.15. The molecule has 0 radical (unpaired) electrons. The van der Waals surface area contributed by atoms with Gasteiger partial charge in [0, 0.05) is 12.7 Å². The van der Waals surface area contributed by atoms with Crippen LogP contribution in [0.3, 0.4) is 0 Å². The molecule has 1 heterocycles. The lowest BCUT2D eigenvalue weighted by molar-refractivity contribution is -0.0686. The molecule has 0 bridgehead atoms.